The van der Waals surface area contributed by atoms with E-state index in [-0.39, 0.29) is 11.3 Å². The van der Waals surface area contributed by atoms with E-state index in [0.717, 1.165) is 17.7 Å². The van der Waals surface area contributed by atoms with Gasteiger partial charge >= 0.3 is 6.36 Å². The van der Waals surface area contributed by atoms with Crippen LogP contribution in [0.2, 0.25) is 0 Å². The van der Waals surface area contributed by atoms with Gasteiger partial charge in [-0.05, 0) is 24.1 Å². The fraction of sp³-hybridized carbons (Fsp3) is 0.188. The zero-order chi connectivity index (χ0) is 15.5. The third-order valence-corrected chi connectivity index (χ3v) is 2.97. The van der Waals surface area contributed by atoms with E-state index in [0.29, 0.717) is 12.0 Å². The minimum atomic E-state index is -4.77. The molecule has 2 aromatic rings. The van der Waals surface area contributed by atoms with Crippen molar-refractivity contribution in [2.45, 2.75) is 19.7 Å². The highest BCUT2D eigenvalue weighted by Gasteiger charge is 2.31. The molecule has 0 aromatic heterocycles. The maximum Gasteiger partial charge on any atom is 0.573 e. The van der Waals surface area contributed by atoms with E-state index in [1.54, 1.807) is 12.1 Å². The van der Waals surface area contributed by atoms with E-state index < -0.39 is 12.1 Å². The van der Waals surface area contributed by atoms with E-state index in [1.807, 2.05) is 19.1 Å². The number of benzene rings is 2. The van der Waals surface area contributed by atoms with Crippen LogP contribution in [0.1, 0.15) is 28.4 Å². The zero-order valence-corrected chi connectivity index (χ0v) is 11.3. The molecule has 0 saturated heterocycles. The fourth-order valence-electron chi connectivity index (χ4n) is 2.04. The van der Waals surface area contributed by atoms with Gasteiger partial charge in [0, 0.05) is 11.1 Å². The average Bonchev–Trinajstić information content (AvgIpc) is 2.45. The first-order chi connectivity index (χ1) is 9.90. The molecule has 0 saturated carbocycles. The van der Waals surface area contributed by atoms with Crippen LogP contribution in [0.5, 0.6) is 5.75 Å². The summed E-state index contributed by atoms with van der Waals surface area (Å²) in [6, 6.07) is 12.1. The average molecular weight is 294 g/mol. The van der Waals surface area contributed by atoms with E-state index in [2.05, 4.69) is 4.74 Å². The lowest BCUT2D eigenvalue weighted by Gasteiger charge is -2.10. The summed E-state index contributed by atoms with van der Waals surface area (Å²) in [7, 11) is 0. The molecule has 0 spiro atoms. The highest BCUT2D eigenvalue weighted by Crippen LogP contribution is 2.24. The lowest BCUT2D eigenvalue weighted by molar-refractivity contribution is -0.274. The summed E-state index contributed by atoms with van der Waals surface area (Å²) >= 11 is 0. The van der Waals surface area contributed by atoms with Crippen LogP contribution < -0.4 is 4.74 Å². The molecule has 0 heterocycles. The molecule has 0 bridgehead atoms. The number of ketones is 1. The quantitative estimate of drug-likeness (QED) is 0.782. The Morgan fingerprint density at radius 1 is 1.10 bits per heavy atom. The fourth-order valence-corrected chi connectivity index (χ4v) is 2.04. The second-order valence-electron chi connectivity index (χ2n) is 4.42. The van der Waals surface area contributed by atoms with Gasteiger partial charge in [0.05, 0.1) is 0 Å². The number of alkyl halides is 3. The Kier molecular flexibility index (Phi) is 4.31. The molecule has 110 valence electrons. The Bertz CT molecular complexity index is 648. The molecule has 0 fully saturated rings. The number of rotatable bonds is 4. The summed E-state index contributed by atoms with van der Waals surface area (Å²) in [5.41, 5.74) is 1.51. The van der Waals surface area contributed by atoms with Crippen molar-refractivity contribution in [3.63, 3.8) is 0 Å². The van der Waals surface area contributed by atoms with Crippen LogP contribution in [-0.4, -0.2) is 12.1 Å². The number of hydrogen-bond donors (Lipinski definition) is 0. The molecular formula is C16H13F3O2. The van der Waals surface area contributed by atoms with Gasteiger partial charge in [0.1, 0.15) is 5.75 Å². The molecule has 0 N–H and O–H groups in total. The molecule has 5 heteroatoms. The third kappa shape index (κ3) is 3.84. The van der Waals surface area contributed by atoms with E-state index >= 15 is 0 Å². The summed E-state index contributed by atoms with van der Waals surface area (Å²) < 4.78 is 40.5. The molecule has 0 aliphatic carbocycles. The van der Waals surface area contributed by atoms with Crippen LogP contribution in [0.3, 0.4) is 0 Å². The van der Waals surface area contributed by atoms with Gasteiger partial charge in [-0.15, -0.1) is 13.2 Å². The second kappa shape index (κ2) is 5.99. The van der Waals surface area contributed by atoms with Crippen molar-refractivity contribution in [1.82, 2.24) is 0 Å². The number of ether oxygens (including phenoxy) is 1. The van der Waals surface area contributed by atoms with Gasteiger partial charge in [-0.2, -0.15) is 0 Å². The molecule has 2 aromatic carbocycles. The number of carbonyl (C=O) groups excluding carboxylic acids is 1. The van der Waals surface area contributed by atoms with Crippen LogP contribution >= 0.6 is 0 Å². The molecule has 0 atom stereocenters. The summed E-state index contributed by atoms with van der Waals surface area (Å²) in [5, 5.41) is 0. The molecule has 2 rings (SSSR count). The van der Waals surface area contributed by atoms with Gasteiger partial charge in [-0.3, -0.25) is 4.79 Å². The zero-order valence-electron chi connectivity index (χ0n) is 11.3. The molecule has 0 amide bonds. The lowest BCUT2D eigenvalue weighted by Crippen LogP contribution is -2.17. The highest BCUT2D eigenvalue weighted by atomic mass is 19.4. The molecule has 0 radical (unpaired) electrons. The molecular weight excluding hydrogens is 281 g/mol. The van der Waals surface area contributed by atoms with Crippen LogP contribution in [0.25, 0.3) is 0 Å². The topological polar surface area (TPSA) is 26.3 Å². The standard InChI is InChI=1S/C16H13F3O2/c1-2-11-6-3-4-9-14(11)15(20)12-7-5-8-13(10-12)21-16(17,18)19/h3-10H,2H2,1H3. The Morgan fingerprint density at radius 2 is 1.81 bits per heavy atom. The van der Waals surface area contributed by atoms with Crippen molar-refractivity contribution in [2.75, 3.05) is 0 Å². The SMILES string of the molecule is CCc1ccccc1C(=O)c1cccc(OC(F)(F)F)c1. The molecule has 0 aliphatic heterocycles. The Hall–Kier alpha value is -2.30. The normalized spacial score (nSPS) is 11.2. The lowest BCUT2D eigenvalue weighted by atomic mass is 9.97. The Balaban J connectivity index is 2.33. The van der Waals surface area contributed by atoms with Gasteiger partial charge < -0.3 is 4.74 Å². The third-order valence-electron chi connectivity index (χ3n) is 2.97. The van der Waals surface area contributed by atoms with Gasteiger partial charge in [-0.1, -0.05) is 43.3 Å². The molecule has 0 unspecified atom stereocenters. The minimum Gasteiger partial charge on any atom is -0.406 e. The number of carbonyl (C=O) groups is 1. The molecule has 2 nitrogen and oxygen atoms in total. The largest absolute Gasteiger partial charge is 0.573 e. The Morgan fingerprint density at radius 3 is 2.48 bits per heavy atom. The summed E-state index contributed by atoms with van der Waals surface area (Å²) in [5.74, 6) is -0.720. The van der Waals surface area contributed by atoms with Gasteiger partial charge in [0.2, 0.25) is 0 Å². The van der Waals surface area contributed by atoms with Crippen LogP contribution in [0.4, 0.5) is 13.2 Å². The van der Waals surface area contributed by atoms with Gasteiger partial charge in [0.15, 0.2) is 5.78 Å². The van der Waals surface area contributed by atoms with Gasteiger partial charge in [0.25, 0.3) is 0 Å². The van der Waals surface area contributed by atoms with E-state index in [9.17, 15) is 18.0 Å². The predicted octanol–water partition coefficient (Wildman–Crippen LogP) is 4.38. The molecule has 21 heavy (non-hydrogen) atoms. The van der Waals surface area contributed by atoms with E-state index in [1.165, 1.54) is 12.1 Å². The van der Waals surface area contributed by atoms with Gasteiger partial charge in [-0.25, -0.2) is 0 Å². The minimum absolute atomic E-state index is 0.164. The number of aryl methyl sites for hydroxylation is 1. The maximum atomic E-state index is 12.4. The van der Waals surface area contributed by atoms with Crippen molar-refractivity contribution in [3.8, 4) is 5.75 Å². The first-order valence-corrected chi connectivity index (χ1v) is 6.39. The summed E-state index contributed by atoms with van der Waals surface area (Å²) in [6.07, 6.45) is -4.11. The predicted molar refractivity (Wildman–Crippen MR) is 72.4 cm³/mol. The van der Waals surface area contributed by atoms with Crippen molar-refractivity contribution in [1.29, 1.82) is 0 Å². The number of hydrogen-bond acceptors (Lipinski definition) is 2. The van der Waals surface area contributed by atoms with Crippen LogP contribution in [-0.2, 0) is 6.42 Å². The Labute approximate surface area is 120 Å². The monoisotopic (exact) mass is 294 g/mol. The van der Waals surface area contributed by atoms with Crippen molar-refractivity contribution >= 4 is 5.78 Å². The van der Waals surface area contributed by atoms with Crippen LogP contribution in [0, 0.1) is 0 Å². The van der Waals surface area contributed by atoms with E-state index in [4.69, 9.17) is 0 Å². The smallest absolute Gasteiger partial charge is 0.406 e. The first-order valence-electron chi connectivity index (χ1n) is 6.39. The highest BCUT2D eigenvalue weighted by molar-refractivity contribution is 6.10. The second-order valence-corrected chi connectivity index (χ2v) is 4.42. The molecule has 0 aliphatic rings. The van der Waals surface area contributed by atoms with Crippen molar-refractivity contribution in [3.05, 3.63) is 65.2 Å². The maximum absolute atomic E-state index is 12.4. The van der Waals surface area contributed by atoms with Crippen molar-refractivity contribution in [2.24, 2.45) is 0 Å². The van der Waals surface area contributed by atoms with Crippen LogP contribution in [0.15, 0.2) is 48.5 Å². The summed E-state index contributed by atoms with van der Waals surface area (Å²) in [4.78, 5) is 12.4. The van der Waals surface area contributed by atoms with Crippen molar-refractivity contribution < 1.29 is 22.7 Å². The summed E-state index contributed by atoms with van der Waals surface area (Å²) in [6.45, 7) is 1.91. The number of halogens is 3. The first kappa shape index (κ1) is 15.1.